The third-order valence-electron chi connectivity index (χ3n) is 3.72. The summed E-state index contributed by atoms with van der Waals surface area (Å²) in [6.45, 7) is 9.29. The molecule has 0 saturated carbocycles. The Bertz CT molecular complexity index is 429. The first kappa shape index (κ1) is 13.7. The molecule has 0 saturated heterocycles. The molecule has 1 heterocycles. The van der Waals surface area contributed by atoms with E-state index in [1.54, 1.807) is 16.7 Å². The monoisotopic (exact) mass is 260 g/mol. The van der Waals surface area contributed by atoms with Crippen LogP contribution in [0.25, 0.3) is 0 Å². The molecule has 0 aliphatic carbocycles. The van der Waals surface area contributed by atoms with Crippen LogP contribution in [0, 0.1) is 5.92 Å². The van der Waals surface area contributed by atoms with Crippen LogP contribution < -0.4 is 0 Å². The molecule has 1 aliphatic rings. The molecule has 1 aromatic rings. The maximum Gasteiger partial charge on any atom is 0.0190 e. The largest absolute Gasteiger partial charge is 0.153 e. The average Bonchev–Trinajstić information content (AvgIpc) is 2.28. The van der Waals surface area contributed by atoms with E-state index >= 15 is 0 Å². The Kier molecular flexibility index (Phi) is 4.55. The smallest absolute Gasteiger partial charge is 0.0190 e. The summed E-state index contributed by atoms with van der Waals surface area (Å²) in [6.07, 6.45) is 4.79. The molecule has 1 heteroatoms. The van der Waals surface area contributed by atoms with E-state index in [0.717, 1.165) is 11.5 Å². The minimum Gasteiger partial charge on any atom is -0.153 e. The minimum absolute atomic E-state index is 0.583. The van der Waals surface area contributed by atoms with Gasteiger partial charge in [0.15, 0.2) is 0 Å². The van der Waals surface area contributed by atoms with Crippen LogP contribution in [0.2, 0.25) is 0 Å². The van der Waals surface area contributed by atoms with Gasteiger partial charge in [-0.15, -0.1) is 0 Å². The fraction of sp³-hybridized carbons (Fsp3) is 0.529. The van der Waals surface area contributed by atoms with Gasteiger partial charge in [0, 0.05) is 17.4 Å². The summed E-state index contributed by atoms with van der Waals surface area (Å²) in [4.78, 5) is 0. The molecule has 0 radical (unpaired) electrons. The highest BCUT2D eigenvalue weighted by atomic mass is 32.2. The van der Waals surface area contributed by atoms with Gasteiger partial charge in [0.1, 0.15) is 0 Å². The molecule has 0 amide bonds. The first-order valence-electron chi connectivity index (χ1n) is 6.97. The molecule has 0 bridgehead atoms. The van der Waals surface area contributed by atoms with Gasteiger partial charge in [-0.3, -0.25) is 0 Å². The molecule has 1 unspecified atom stereocenters. The van der Waals surface area contributed by atoms with Crippen molar-refractivity contribution in [1.29, 1.82) is 0 Å². The van der Waals surface area contributed by atoms with E-state index in [9.17, 15) is 0 Å². The summed E-state index contributed by atoms with van der Waals surface area (Å²) in [5.74, 6) is 4.17. The summed E-state index contributed by atoms with van der Waals surface area (Å²) >= 11 is 2.02. The van der Waals surface area contributed by atoms with Crippen LogP contribution in [-0.4, -0.2) is 5.75 Å². The topological polar surface area (TPSA) is 0 Å². The van der Waals surface area contributed by atoms with Gasteiger partial charge in [0.2, 0.25) is 0 Å². The van der Waals surface area contributed by atoms with E-state index in [2.05, 4.69) is 58.0 Å². The normalized spacial score (nSPS) is 21.6. The lowest BCUT2D eigenvalue weighted by atomic mass is 9.80. The predicted octanol–water partition coefficient (Wildman–Crippen LogP) is 5.35. The van der Waals surface area contributed by atoms with Crippen molar-refractivity contribution in [3.8, 4) is 0 Å². The van der Waals surface area contributed by atoms with Crippen LogP contribution in [-0.2, 0) is 5.75 Å². The van der Waals surface area contributed by atoms with Gasteiger partial charge in [-0.2, -0.15) is 11.8 Å². The van der Waals surface area contributed by atoms with Gasteiger partial charge in [-0.25, -0.2) is 0 Å². The Labute approximate surface area is 116 Å². The number of thioether (sulfide) groups is 1. The van der Waals surface area contributed by atoms with Crippen molar-refractivity contribution in [1.82, 2.24) is 0 Å². The molecule has 1 aromatic carbocycles. The maximum absolute atomic E-state index is 2.43. The Morgan fingerprint density at radius 2 is 1.94 bits per heavy atom. The molecule has 1 atom stereocenters. The number of rotatable bonds is 2. The highest BCUT2D eigenvalue weighted by molar-refractivity contribution is 7.98. The van der Waals surface area contributed by atoms with Gasteiger partial charge >= 0.3 is 0 Å². The lowest BCUT2D eigenvalue weighted by molar-refractivity contribution is 0.567. The number of hydrogen-bond acceptors (Lipinski definition) is 1. The Hall–Kier alpha value is -0.690. The zero-order valence-corrected chi connectivity index (χ0v) is 12.8. The lowest BCUT2D eigenvalue weighted by Gasteiger charge is -2.27. The Morgan fingerprint density at radius 3 is 2.61 bits per heavy atom. The van der Waals surface area contributed by atoms with Crippen LogP contribution in [0.15, 0.2) is 30.4 Å². The zero-order chi connectivity index (χ0) is 13.1. The molecule has 0 N–H and O–H groups in total. The highest BCUT2D eigenvalue weighted by Gasteiger charge is 2.21. The molecule has 0 nitrogen and oxygen atoms in total. The second kappa shape index (κ2) is 5.97. The molecule has 1 aliphatic heterocycles. The first-order valence-corrected chi connectivity index (χ1v) is 8.12. The number of benzene rings is 1. The first-order chi connectivity index (χ1) is 8.61. The van der Waals surface area contributed by atoms with Crippen molar-refractivity contribution in [3.05, 3.63) is 47.0 Å². The second-order valence-electron chi connectivity index (χ2n) is 5.79. The summed E-state index contributed by atoms with van der Waals surface area (Å²) in [5.41, 5.74) is 4.69. The van der Waals surface area contributed by atoms with Crippen LogP contribution in [0.4, 0.5) is 0 Å². The van der Waals surface area contributed by atoms with E-state index in [4.69, 9.17) is 0 Å². The van der Waals surface area contributed by atoms with Crippen LogP contribution in [0.5, 0.6) is 0 Å². The summed E-state index contributed by atoms with van der Waals surface area (Å²) in [6, 6.07) is 6.87. The number of hydrogen-bond donors (Lipinski definition) is 0. The molecular weight excluding hydrogens is 236 g/mol. The molecule has 0 fully saturated rings. The van der Waals surface area contributed by atoms with Crippen molar-refractivity contribution in [2.45, 2.75) is 45.3 Å². The number of fused-ring (bicyclic) bond motifs is 1. The molecular formula is C17H24S. The van der Waals surface area contributed by atoms with Gasteiger partial charge < -0.3 is 0 Å². The SMILES string of the molecule is CC(C)c1cccc2c1C(C(C)C)/C=C\CSC2. The van der Waals surface area contributed by atoms with Gasteiger partial charge in [0.25, 0.3) is 0 Å². The zero-order valence-electron chi connectivity index (χ0n) is 11.9. The fourth-order valence-electron chi connectivity index (χ4n) is 2.76. The highest BCUT2D eigenvalue weighted by Crippen LogP contribution is 2.37. The lowest BCUT2D eigenvalue weighted by Crippen LogP contribution is -2.12. The van der Waals surface area contributed by atoms with E-state index < -0.39 is 0 Å². The Balaban J connectivity index is 2.57. The van der Waals surface area contributed by atoms with E-state index in [1.165, 1.54) is 0 Å². The van der Waals surface area contributed by atoms with Gasteiger partial charge in [-0.1, -0.05) is 58.0 Å². The third-order valence-corrected chi connectivity index (χ3v) is 4.66. The average molecular weight is 260 g/mol. The van der Waals surface area contributed by atoms with Gasteiger partial charge in [-0.05, 0) is 28.5 Å². The predicted molar refractivity (Wildman–Crippen MR) is 83.4 cm³/mol. The molecule has 98 valence electrons. The second-order valence-corrected chi connectivity index (χ2v) is 6.82. The summed E-state index contributed by atoms with van der Waals surface area (Å²) < 4.78 is 0. The molecule has 18 heavy (non-hydrogen) atoms. The molecule has 2 rings (SSSR count). The van der Waals surface area contributed by atoms with Crippen molar-refractivity contribution in [2.24, 2.45) is 5.92 Å². The standard InChI is InChI=1S/C17H24S/c1-12(2)15-8-5-7-14-11-18-10-6-9-16(13(3)4)17(14)15/h5-9,12-13,16H,10-11H2,1-4H3/b9-6-. The van der Waals surface area contributed by atoms with Crippen LogP contribution in [0.3, 0.4) is 0 Å². The van der Waals surface area contributed by atoms with E-state index in [1.807, 2.05) is 11.8 Å². The van der Waals surface area contributed by atoms with Gasteiger partial charge in [0.05, 0.1) is 0 Å². The summed E-state index contributed by atoms with van der Waals surface area (Å²) in [7, 11) is 0. The van der Waals surface area contributed by atoms with Crippen molar-refractivity contribution >= 4 is 11.8 Å². The van der Waals surface area contributed by atoms with Crippen LogP contribution >= 0.6 is 11.8 Å². The van der Waals surface area contributed by atoms with Crippen molar-refractivity contribution < 1.29 is 0 Å². The van der Waals surface area contributed by atoms with E-state index in [-0.39, 0.29) is 0 Å². The molecule has 0 spiro atoms. The van der Waals surface area contributed by atoms with Crippen molar-refractivity contribution in [3.63, 3.8) is 0 Å². The van der Waals surface area contributed by atoms with Crippen molar-refractivity contribution in [2.75, 3.05) is 5.75 Å². The van der Waals surface area contributed by atoms with E-state index in [0.29, 0.717) is 17.8 Å². The third kappa shape index (κ3) is 2.83. The Morgan fingerprint density at radius 1 is 1.17 bits per heavy atom. The maximum atomic E-state index is 2.43. The minimum atomic E-state index is 0.583. The number of allylic oxidation sites excluding steroid dienone is 1. The fourth-order valence-corrected chi connectivity index (χ4v) is 3.60. The summed E-state index contributed by atoms with van der Waals surface area (Å²) in [5, 5.41) is 0. The van der Waals surface area contributed by atoms with Crippen LogP contribution in [0.1, 0.15) is 56.2 Å². The quantitative estimate of drug-likeness (QED) is 0.646. The molecule has 0 aromatic heterocycles.